The molecule has 30 heavy (non-hydrogen) atoms. The molecule has 1 aliphatic rings. The summed E-state index contributed by atoms with van der Waals surface area (Å²) in [5, 5.41) is 13.2. The Bertz CT molecular complexity index is 1050. The molecule has 0 saturated heterocycles. The molecule has 1 aliphatic heterocycles. The molecule has 7 nitrogen and oxygen atoms in total. The third-order valence-electron chi connectivity index (χ3n) is 4.89. The Morgan fingerprint density at radius 2 is 1.97 bits per heavy atom. The lowest BCUT2D eigenvalue weighted by atomic mass is 10.1. The zero-order valence-electron chi connectivity index (χ0n) is 16.6. The van der Waals surface area contributed by atoms with Gasteiger partial charge in [-0.15, -0.1) is 0 Å². The second kappa shape index (κ2) is 8.96. The Kier molecular flexibility index (Phi) is 5.94. The van der Waals surface area contributed by atoms with Gasteiger partial charge in [-0.1, -0.05) is 6.07 Å². The average molecular weight is 410 g/mol. The number of carbonyl (C=O) groups excluding carboxylic acids is 1. The quantitative estimate of drug-likeness (QED) is 0.522. The van der Waals surface area contributed by atoms with Crippen LogP contribution in [0.2, 0.25) is 0 Å². The SMILES string of the molecule is Cc1ccc(C(=O)NCCNCc2cn[nH]c2-c2ccc3c(c2)OCCO3)cc1F. The maximum Gasteiger partial charge on any atom is 0.251 e. The van der Waals surface area contributed by atoms with E-state index in [1.807, 2.05) is 18.2 Å². The maximum atomic E-state index is 13.6. The number of halogens is 1. The number of carbonyl (C=O) groups is 1. The molecule has 0 spiro atoms. The summed E-state index contributed by atoms with van der Waals surface area (Å²) in [6.07, 6.45) is 1.77. The zero-order chi connectivity index (χ0) is 20.9. The molecule has 1 aromatic heterocycles. The van der Waals surface area contributed by atoms with Crippen molar-refractivity contribution in [3.05, 3.63) is 65.1 Å². The normalized spacial score (nSPS) is 12.6. The van der Waals surface area contributed by atoms with Crippen LogP contribution in [0.3, 0.4) is 0 Å². The molecule has 3 aromatic rings. The maximum absolute atomic E-state index is 13.6. The summed E-state index contributed by atoms with van der Waals surface area (Å²) in [7, 11) is 0. The Morgan fingerprint density at radius 3 is 2.80 bits per heavy atom. The van der Waals surface area contributed by atoms with E-state index in [0.29, 0.717) is 44.0 Å². The van der Waals surface area contributed by atoms with Crippen molar-refractivity contribution >= 4 is 5.91 Å². The Labute approximate surface area is 173 Å². The molecule has 0 bridgehead atoms. The molecule has 0 aliphatic carbocycles. The second-order valence-corrected chi connectivity index (χ2v) is 7.03. The van der Waals surface area contributed by atoms with E-state index >= 15 is 0 Å². The molecule has 8 heteroatoms. The topological polar surface area (TPSA) is 88.3 Å². The van der Waals surface area contributed by atoms with Crippen LogP contribution in [0.5, 0.6) is 11.5 Å². The van der Waals surface area contributed by atoms with Gasteiger partial charge in [0.05, 0.1) is 11.9 Å². The van der Waals surface area contributed by atoms with Crippen LogP contribution in [0.15, 0.2) is 42.6 Å². The van der Waals surface area contributed by atoms with Crippen molar-refractivity contribution in [1.82, 2.24) is 20.8 Å². The van der Waals surface area contributed by atoms with Crippen LogP contribution < -0.4 is 20.1 Å². The van der Waals surface area contributed by atoms with E-state index in [0.717, 1.165) is 28.3 Å². The minimum absolute atomic E-state index is 0.295. The first-order chi connectivity index (χ1) is 14.6. The van der Waals surface area contributed by atoms with E-state index in [1.165, 1.54) is 6.07 Å². The predicted molar refractivity (Wildman–Crippen MR) is 110 cm³/mol. The summed E-state index contributed by atoms with van der Waals surface area (Å²) in [4.78, 5) is 12.1. The first kappa shape index (κ1) is 19.9. The van der Waals surface area contributed by atoms with E-state index in [4.69, 9.17) is 9.47 Å². The number of nitrogens with one attached hydrogen (secondary N) is 3. The van der Waals surface area contributed by atoms with Gasteiger partial charge in [0.1, 0.15) is 19.0 Å². The highest BCUT2D eigenvalue weighted by molar-refractivity contribution is 5.94. The number of nitrogens with zero attached hydrogens (tertiary/aromatic N) is 1. The summed E-state index contributed by atoms with van der Waals surface area (Å²) in [6.45, 7) is 4.32. The van der Waals surface area contributed by atoms with Crippen molar-refractivity contribution in [1.29, 1.82) is 0 Å². The molecule has 2 aromatic carbocycles. The minimum atomic E-state index is -0.382. The number of benzene rings is 2. The number of aryl methyl sites for hydroxylation is 1. The number of rotatable bonds is 7. The number of aromatic amines is 1. The third kappa shape index (κ3) is 4.44. The third-order valence-corrected chi connectivity index (χ3v) is 4.89. The fraction of sp³-hybridized carbons (Fsp3) is 0.273. The lowest BCUT2D eigenvalue weighted by Gasteiger charge is -2.18. The first-order valence-electron chi connectivity index (χ1n) is 9.79. The van der Waals surface area contributed by atoms with Gasteiger partial charge in [0.15, 0.2) is 11.5 Å². The van der Waals surface area contributed by atoms with Crippen molar-refractivity contribution in [3.8, 4) is 22.8 Å². The molecule has 0 unspecified atom stereocenters. The summed E-state index contributed by atoms with van der Waals surface area (Å²) in [6, 6.07) is 10.3. The van der Waals surface area contributed by atoms with Crippen LogP contribution >= 0.6 is 0 Å². The number of ether oxygens (including phenoxy) is 2. The van der Waals surface area contributed by atoms with Gasteiger partial charge >= 0.3 is 0 Å². The fourth-order valence-corrected chi connectivity index (χ4v) is 3.22. The molecule has 3 N–H and O–H groups in total. The average Bonchev–Trinajstić information content (AvgIpc) is 3.23. The highest BCUT2D eigenvalue weighted by Crippen LogP contribution is 2.34. The number of fused-ring (bicyclic) bond motifs is 1. The summed E-state index contributed by atoms with van der Waals surface area (Å²) in [5.74, 6) is 0.791. The van der Waals surface area contributed by atoms with Crippen LogP contribution in [0.25, 0.3) is 11.3 Å². The molecule has 0 radical (unpaired) electrons. The van der Waals surface area contributed by atoms with Gasteiger partial charge < -0.3 is 20.1 Å². The highest BCUT2D eigenvalue weighted by atomic mass is 19.1. The standard InChI is InChI=1S/C22H23FN4O3/c1-14-2-3-16(10-18(14)23)22(28)25-7-6-24-12-17-13-26-27-21(17)15-4-5-19-20(11-15)30-9-8-29-19/h2-5,10-11,13,24H,6-9,12H2,1H3,(H,25,28)(H,26,27). The molecule has 0 atom stereocenters. The van der Waals surface area contributed by atoms with E-state index in [1.54, 1.807) is 25.3 Å². The monoisotopic (exact) mass is 410 g/mol. The number of hydrogen-bond donors (Lipinski definition) is 3. The molecular formula is C22H23FN4O3. The minimum Gasteiger partial charge on any atom is -0.486 e. The van der Waals surface area contributed by atoms with Gasteiger partial charge in [0, 0.05) is 36.3 Å². The van der Waals surface area contributed by atoms with Gasteiger partial charge in [-0.3, -0.25) is 9.89 Å². The van der Waals surface area contributed by atoms with Crippen molar-refractivity contribution < 1.29 is 18.7 Å². The largest absolute Gasteiger partial charge is 0.486 e. The van der Waals surface area contributed by atoms with Crippen LogP contribution in [0.1, 0.15) is 21.5 Å². The predicted octanol–water partition coefficient (Wildman–Crippen LogP) is 2.82. The van der Waals surface area contributed by atoms with Crippen LogP contribution in [0.4, 0.5) is 4.39 Å². The van der Waals surface area contributed by atoms with Crippen LogP contribution in [-0.4, -0.2) is 42.4 Å². The van der Waals surface area contributed by atoms with Gasteiger partial charge in [-0.05, 0) is 42.8 Å². The fourth-order valence-electron chi connectivity index (χ4n) is 3.22. The smallest absolute Gasteiger partial charge is 0.251 e. The first-order valence-corrected chi connectivity index (χ1v) is 9.79. The van der Waals surface area contributed by atoms with Gasteiger partial charge in [0.25, 0.3) is 5.91 Å². The number of aromatic nitrogens is 2. The van der Waals surface area contributed by atoms with Crippen molar-refractivity contribution in [3.63, 3.8) is 0 Å². The molecule has 156 valence electrons. The van der Waals surface area contributed by atoms with Crippen molar-refractivity contribution in [2.24, 2.45) is 0 Å². The Balaban J connectivity index is 1.29. The lowest BCUT2D eigenvalue weighted by molar-refractivity contribution is 0.0953. The Morgan fingerprint density at radius 1 is 1.13 bits per heavy atom. The van der Waals surface area contributed by atoms with E-state index in [9.17, 15) is 9.18 Å². The van der Waals surface area contributed by atoms with Gasteiger partial charge in [-0.2, -0.15) is 5.10 Å². The number of amides is 1. The van der Waals surface area contributed by atoms with Crippen molar-refractivity contribution in [2.45, 2.75) is 13.5 Å². The second-order valence-electron chi connectivity index (χ2n) is 7.03. The molecular weight excluding hydrogens is 387 g/mol. The summed E-state index contributed by atoms with van der Waals surface area (Å²) >= 11 is 0. The van der Waals surface area contributed by atoms with Crippen LogP contribution in [-0.2, 0) is 6.54 Å². The van der Waals surface area contributed by atoms with E-state index in [2.05, 4.69) is 20.8 Å². The summed E-state index contributed by atoms with van der Waals surface area (Å²) in [5.41, 5.74) is 3.69. The van der Waals surface area contributed by atoms with E-state index < -0.39 is 0 Å². The zero-order valence-corrected chi connectivity index (χ0v) is 16.6. The molecule has 4 rings (SSSR count). The Hall–Kier alpha value is -3.39. The molecule has 0 fully saturated rings. The summed E-state index contributed by atoms with van der Waals surface area (Å²) < 4.78 is 24.8. The van der Waals surface area contributed by atoms with Crippen molar-refractivity contribution in [2.75, 3.05) is 26.3 Å². The number of H-pyrrole nitrogens is 1. The molecule has 1 amide bonds. The molecule has 2 heterocycles. The highest BCUT2D eigenvalue weighted by Gasteiger charge is 2.15. The van der Waals surface area contributed by atoms with Crippen LogP contribution in [0, 0.1) is 12.7 Å². The lowest BCUT2D eigenvalue weighted by Crippen LogP contribution is -2.31. The molecule has 0 saturated carbocycles. The number of hydrogen-bond acceptors (Lipinski definition) is 5. The van der Waals surface area contributed by atoms with E-state index in [-0.39, 0.29) is 11.7 Å². The van der Waals surface area contributed by atoms with Gasteiger partial charge in [0.2, 0.25) is 0 Å². The van der Waals surface area contributed by atoms with Gasteiger partial charge in [-0.25, -0.2) is 4.39 Å².